The van der Waals surface area contributed by atoms with Crippen molar-refractivity contribution in [3.8, 4) is 0 Å². The first-order chi connectivity index (χ1) is 14.8. The van der Waals surface area contributed by atoms with E-state index in [1.165, 1.54) is 30.4 Å². The third-order valence-electron chi connectivity index (χ3n) is 6.28. The second kappa shape index (κ2) is 8.55. The lowest BCUT2D eigenvalue weighted by Gasteiger charge is -2.36. The Morgan fingerprint density at radius 3 is 2.52 bits per heavy atom. The summed E-state index contributed by atoms with van der Waals surface area (Å²) in [6, 6.07) is 4.63. The van der Waals surface area contributed by atoms with Crippen molar-refractivity contribution in [2.45, 2.75) is 45.6 Å². The van der Waals surface area contributed by atoms with Crippen LogP contribution in [-0.2, 0) is 19.1 Å². The number of esters is 1. The van der Waals surface area contributed by atoms with Crippen molar-refractivity contribution in [1.29, 1.82) is 0 Å². The average Bonchev–Trinajstić information content (AvgIpc) is 3.14. The van der Waals surface area contributed by atoms with Crippen molar-refractivity contribution < 1.29 is 23.5 Å². The number of carbonyl (C=O) groups is 2. The lowest BCUT2D eigenvalue weighted by molar-refractivity contribution is -0.148. The van der Waals surface area contributed by atoms with Crippen molar-refractivity contribution in [1.82, 2.24) is 4.90 Å². The number of rotatable bonds is 4. The molecule has 3 heterocycles. The van der Waals surface area contributed by atoms with Gasteiger partial charge < -0.3 is 14.4 Å². The maximum atomic E-state index is 14.1. The van der Waals surface area contributed by atoms with E-state index < -0.39 is 11.9 Å². The molecule has 0 N–H and O–H groups in total. The second-order valence-corrected chi connectivity index (χ2v) is 9.01. The highest BCUT2D eigenvalue weighted by atomic mass is 32.1. The van der Waals surface area contributed by atoms with Gasteiger partial charge in [0.05, 0.1) is 18.8 Å². The van der Waals surface area contributed by atoms with Gasteiger partial charge in [-0.1, -0.05) is 0 Å². The fourth-order valence-corrected chi connectivity index (χ4v) is 5.43. The number of hydrogen-bond acceptors (Lipinski definition) is 6. The van der Waals surface area contributed by atoms with Crippen LogP contribution in [0.5, 0.6) is 0 Å². The standard InChI is InChI=1S/C24H26FNO4S/c1-13-21(15(3)27)23(19-12-31-20-6-5-16(25)11-18(19)20)22(14(2)26(13)4)24(28)30-17-7-9-29-10-8-17/h5-6,11-12,17,23H,7-10H2,1-4H3. The summed E-state index contributed by atoms with van der Waals surface area (Å²) in [7, 11) is 1.84. The van der Waals surface area contributed by atoms with Crippen LogP contribution in [0.4, 0.5) is 4.39 Å². The van der Waals surface area contributed by atoms with Gasteiger partial charge in [-0.05, 0) is 55.3 Å². The van der Waals surface area contributed by atoms with Gasteiger partial charge in [0.2, 0.25) is 0 Å². The van der Waals surface area contributed by atoms with Crippen molar-refractivity contribution in [2.24, 2.45) is 0 Å². The number of hydrogen-bond donors (Lipinski definition) is 0. The molecular formula is C24H26FNO4S. The molecule has 2 aliphatic rings. The van der Waals surface area contributed by atoms with Crippen LogP contribution in [0.25, 0.3) is 10.1 Å². The second-order valence-electron chi connectivity index (χ2n) is 8.09. The Bertz CT molecular complexity index is 1110. The van der Waals surface area contributed by atoms with Crippen molar-refractivity contribution >= 4 is 33.2 Å². The van der Waals surface area contributed by atoms with Crippen LogP contribution in [0.15, 0.2) is 46.1 Å². The minimum absolute atomic E-state index is 0.117. The fraction of sp³-hybridized carbons (Fsp3) is 0.417. The molecular weight excluding hydrogens is 417 g/mol. The molecule has 1 unspecified atom stereocenters. The van der Waals surface area contributed by atoms with Gasteiger partial charge in [-0.3, -0.25) is 4.79 Å². The Hall–Kier alpha value is -2.51. The number of Topliss-reactive ketones (excluding diaryl/α,β-unsaturated/α-hetero) is 1. The maximum absolute atomic E-state index is 14.1. The van der Waals surface area contributed by atoms with E-state index in [9.17, 15) is 14.0 Å². The minimum Gasteiger partial charge on any atom is -0.459 e. The monoisotopic (exact) mass is 443 g/mol. The number of ketones is 1. The Morgan fingerprint density at radius 2 is 1.84 bits per heavy atom. The first-order valence-corrected chi connectivity index (χ1v) is 11.3. The van der Waals surface area contributed by atoms with Crippen LogP contribution in [0, 0.1) is 5.82 Å². The summed E-state index contributed by atoms with van der Waals surface area (Å²) in [5.41, 5.74) is 3.26. The van der Waals surface area contributed by atoms with Gasteiger partial charge in [0, 0.05) is 47.5 Å². The van der Waals surface area contributed by atoms with Gasteiger partial charge in [-0.25, -0.2) is 9.18 Å². The number of benzene rings is 1. The predicted molar refractivity (Wildman–Crippen MR) is 118 cm³/mol. The molecule has 0 aliphatic carbocycles. The third kappa shape index (κ3) is 3.92. The zero-order valence-electron chi connectivity index (χ0n) is 18.2. The number of ether oxygens (including phenoxy) is 2. The summed E-state index contributed by atoms with van der Waals surface area (Å²) >= 11 is 1.48. The summed E-state index contributed by atoms with van der Waals surface area (Å²) in [5.74, 6) is -1.49. The van der Waals surface area contributed by atoms with E-state index in [0.29, 0.717) is 37.2 Å². The van der Waals surface area contributed by atoms with E-state index in [1.807, 2.05) is 31.2 Å². The first-order valence-electron chi connectivity index (χ1n) is 10.4. The molecule has 164 valence electrons. The molecule has 1 fully saturated rings. The SMILES string of the molecule is CC(=O)C1=C(C)N(C)C(C)=C(C(=O)OC2CCOCC2)C1c1csc2ccc(F)cc12. The van der Waals surface area contributed by atoms with E-state index in [4.69, 9.17) is 9.47 Å². The molecule has 1 saturated heterocycles. The average molecular weight is 444 g/mol. The predicted octanol–water partition coefficient (Wildman–Crippen LogP) is 4.93. The van der Waals surface area contributed by atoms with Gasteiger partial charge in [-0.15, -0.1) is 11.3 Å². The molecule has 1 aromatic carbocycles. The molecule has 0 saturated carbocycles. The van der Waals surface area contributed by atoms with Crippen molar-refractivity contribution in [2.75, 3.05) is 20.3 Å². The van der Waals surface area contributed by atoms with E-state index in [0.717, 1.165) is 27.0 Å². The van der Waals surface area contributed by atoms with Gasteiger partial charge in [-0.2, -0.15) is 0 Å². The Morgan fingerprint density at radius 1 is 1.16 bits per heavy atom. The van der Waals surface area contributed by atoms with Crippen LogP contribution in [0.1, 0.15) is 45.1 Å². The molecule has 2 aromatic rings. The number of carbonyl (C=O) groups excluding carboxylic acids is 2. The van der Waals surface area contributed by atoms with Crippen LogP contribution >= 0.6 is 11.3 Å². The molecule has 31 heavy (non-hydrogen) atoms. The largest absolute Gasteiger partial charge is 0.459 e. The lowest BCUT2D eigenvalue weighted by atomic mass is 9.78. The molecule has 5 nitrogen and oxygen atoms in total. The molecule has 2 aliphatic heterocycles. The maximum Gasteiger partial charge on any atom is 0.337 e. The number of thiophene rings is 1. The molecule has 0 bridgehead atoms. The summed E-state index contributed by atoms with van der Waals surface area (Å²) in [6.45, 7) is 6.37. The van der Waals surface area contributed by atoms with Crippen LogP contribution in [-0.4, -0.2) is 43.0 Å². The van der Waals surface area contributed by atoms with Gasteiger partial charge in [0.15, 0.2) is 5.78 Å². The summed E-state index contributed by atoms with van der Waals surface area (Å²) in [4.78, 5) is 28.1. The highest BCUT2D eigenvalue weighted by Crippen LogP contribution is 2.46. The van der Waals surface area contributed by atoms with Crippen LogP contribution in [0.3, 0.4) is 0 Å². The highest BCUT2D eigenvalue weighted by molar-refractivity contribution is 7.17. The quantitative estimate of drug-likeness (QED) is 0.628. The molecule has 0 radical (unpaired) electrons. The third-order valence-corrected chi connectivity index (χ3v) is 7.26. The summed E-state index contributed by atoms with van der Waals surface area (Å²) in [6.07, 6.45) is 1.09. The summed E-state index contributed by atoms with van der Waals surface area (Å²) < 4.78 is 26.2. The summed E-state index contributed by atoms with van der Waals surface area (Å²) in [5, 5.41) is 2.64. The Labute approximate surface area is 185 Å². The number of nitrogens with zero attached hydrogens (tertiary/aromatic N) is 1. The van der Waals surface area contributed by atoms with E-state index in [-0.39, 0.29) is 17.7 Å². The minimum atomic E-state index is -0.600. The number of allylic oxidation sites excluding steroid dienone is 3. The number of halogens is 1. The Balaban J connectivity index is 1.86. The molecule has 0 amide bonds. The topological polar surface area (TPSA) is 55.8 Å². The van der Waals surface area contributed by atoms with Crippen molar-refractivity contribution in [3.63, 3.8) is 0 Å². The molecule has 4 rings (SSSR count). The molecule has 1 aromatic heterocycles. The van der Waals surface area contributed by atoms with Crippen molar-refractivity contribution in [3.05, 3.63) is 57.5 Å². The smallest absolute Gasteiger partial charge is 0.337 e. The van der Waals surface area contributed by atoms with E-state index >= 15 is 0 Å². The van der Waals surface area contributed by atoms with Gasteiger partial charge >= 0.3 is 5.97 Å². The zero-order valence-corrected chi connectivity index (χ0v) is 19.0. The zero-order chi connectivity index (χ0) is 22.3. The normalized spacial score (nSPS) is 20.5. The highest BCUT2D eigenvalue weighted by Gasteiger charge is 2.39. The molecule has 1 atom stereocenters. The van der Waals surface area contributed by atoms with Gasteiger partial charge in [0.25, 0.3) is 0 Å². The van der Waals surface area contributed by atoms with Crippen LogP contribution in [0.2, 0.25) is 0 Å². The van der Waals surface area contributed by atoms with E-state index in [2.05, 4.69) is 0 Å². The first kappa shape index (κ1) is 21.7. The Kier molecular flexibility index (Phi) is 5.99. The van der Waals surface area contributed by atoms with Crippen LogP contribution < -0.4 is 0 Å². The van der Waals surface area contributed by atoms with Gasteiger partial charge in [0.1, 0.15) is 11.9 Å². The van der Waals surface area contributed by atoms with E-state index in [1.54, 1.807) is 6.07 Å². The fourth-order valence-electron chi connectivity index (χ4n) is 4.46. The molecule has 7 heteroatoms. The lowest BCUT2D eigenvalue weighted by Crippen LogP contribution is -2.34. The molecule has 0 spiro atoms. The number of fused-ring (bicyclic) bond motifs is 1.